The third kappa shape index (κ3) is 4.57. The van der Waals surface area contributed by atoms with E-state index in [1.54, 1.807) is 31.2 Å². The maximum atomic E-state index is 13.9. The predicted octanol–water partition coefficient (Wildman–Crippen LogP) is 3.74. The number of carbonyl (C=O) groups excluding carboxylic acids is 2. The molecule has 2 N–H and O–H groups in total. The average Bonchev–Trinajstić information content (AvgIpc) is 2.81. The monoisotopic (exact) mass is 531 g/mol. The molecule has 2 aromatic carbocycles. The molecule has 2 aromatic rings. The Bertz CT molecular complexity index is 1500. The number of nitrogens with zero attached hydrogens (tertiary/aromatic N) is 1. The van der Waals surface area contributed by atoms with Crippen LogP contribution in [0.2, 0.25) is 0 Å². The van der Waals surface area contributed by atoms with Crippen molar-refractivity contribution < 1.29 is 26.4 Å². The minimum atomic E-state index is -4.33. The van der Waals surface area contributed by atoms with E-state index >= 15 is 0 Å². The number of nitrogens with one attached hydrogen (secondary N) is 2. The molecule has 192 valence electrons. The smallest absolute Gasteiger partial charge is 0.286 e. The van der Waals surface area contributed by atoms with Gasteiger partial charge in [0.05, 0.1) is 16.9 Å². The lowest BCUT2D eigenvalue weighted by molar-refractivity contribution is -0.125. The largest absolute Gasteiger partial charge is 0.341 e. The molecule has 0 radical (unpaired) electrons. The van der Waals surface area contributed by atoms with Crippen molar-refractivity contribution in [3.05, 3.63) is 53.6 Å². The van der Waals surface area contributed by atoms with Crippen molar-refractivity contribution in [1.82, 2.24) is 0 Å². The van der Waals surface area contributed by atoms with Gasteiger partial charge in [-0.3, -0.25) is 14.3 Å². The fraction of sp³-hybridized carbons (Fsp3) is 0.400. The molecule has 2 aliphatic rings. The lowest BCUT2D eigenvalue weighted by Crippen LogP contribution is -2.51. The zero-order valence-electron chi connectivity index (χ0n) is 20.5. The lowest BCUT2D eigenvalue weighted by Gasteiger charge is -2.39. The second-order valence-electron chi connectivity index (χ2n) is 9.76. The number of carbonyl (C=O) groups is 2. The molecule has 0 aromatic heterocycles. The molecule has 1 heterocycles. The zero-order valence-corrected chi connectivity index (χ0v) is 22.2. The highest BCUT2D eigenvalue weighted by Crippen LogP contribution is 2.43. The van der Waals surface area contributed by atoms with E-state index in [1.807, 2.05) is 0 Å². The van der Waals surface area contributed by atoms with Gasteiger partial charge >= 0.3 is 0 Å². The van der Waals surface area contributed by atoms with Crippen LogP contribution in [0.1, 0.15) is 56.5 Å². The van der Waals surface area contributed by atoms with Gasteiger partial charge in [0.1, 0.15) is 16.6 Å². The standard InChI is InChI=1S/C25H29N3O6S2/c1-5-35(31,32)27-16-10-11-19-20(14-16)36(33,34)28-24(26-19)21-22(29)17-8-6-7-9-18(17)25(4,23(21)30)13-12-15(2)3/h6-11,14-15,21,27H,5,12-13H2,1-4H3,(H,26,28)/t21?,25-/m1/s1. The van der Waals surface area contributed by atoms with Crippen LogP contribution in [-0.2, 0) is 30.3 Å². The number of amidine groups is 1. The van der Waals surface area contributed by atoms with E-state index < -0.39 is 42.9 Å². The Morgan fingerprint density at radius 1 is 1.14 bits per heavy atom. The van der Waals surface area contributed by atoms with Crippen molar-refractivity contribution in [3.63, 3.8) is 0 Å². The molecule has 1 unspecified atom stereocenters. The normalized spacial score (nSPS) is 22.9. The van der Waals surface area contributed by atoms with E-state index in [1.165, 1.54) is 19.1 Å². The van der Waals surface area contributed by atoms with Crippen LogP contribution in [0.4, 0.5) is 11.4 Å². The van der Waals surface area contributed by atoms with Crippen LogP contribution in [0.15, 0.2) is 51.8 Å². The Balaban J connectivity index is 1.78. The average molecular weight is 532 g/mol. The lowest BCUT2D eigenvalue weighted by atomic mass is 9.63. The molecule has 0 bridgehead atoms. The first-order chi connectivity index (χ1) is 16.8. The molecule has 1 aliphatic carbocycles. The van der Waals surface area contributed by atoms with Gasteiger partial charge in [-0.05, 0) is 56.4 Å². The maximum Gasteiger partial charge on any atom is 0.286 e. The molecule has 36 heavy (non-hydrogen) atoms. The summed E-state index contributed by atoms with van der Waals surface area (Å²) in [6.07, 6.45) is 1.25. The van der Waals surface area contributed by atoms with Crippen LogP contribution < -0.4 is 10.0 Å². The Morgan fingerprint density at radius 3 is 2.50 bits per heavy atom. The summed E-state index contributed by atoms with van der Waals surface area (Å²) in [4.78, 5) is 27.1. The van der Waals surface area contributed by atoms with Gasteiger partial charge in [-0.15, -0.1) is 4.40 Å². The van der Waals surface area contributed by atoms with Gasteiger partial charge in [-0.25, -0.2) is 8.42 Å². The summed E-state index contributed by atoms with van der Waals surface area (Å²) in [6, 6.07) is 10.9. The number of hydrogen-bond acceptors (Lipinski definition) is 7. The minimum absolute atomic E-state index is 0.0691. The van der Waals surface area contributed by atoms with Gasteiger partial charge in [0.2, 0.25) is 10.0 Å². The van der Waals surface area contributed by atoms with E-state index in [-0.39, 0.29) is 27.9 Å². The van der Waals surface area contributed by atoms with Gasteiger partial charge in [0.15, 0.2) is 11.6 Å². The zero-order chi connectivity index (χ0) is 26.5. The number of rotatable bonds is 7. The number of sulfonamides is 2. The van der Waals surface area contributed by atoms with E-state index in [4.69, 9.17) is 0 Å². The van der Waals surface area contributed by atoms with Gasteiger partial charge in [-0.1, -0.05) is 38.1 Å². The molecule has 4 rings (SSSR count). The van der Waals surface area contributed by atoms with Crippen molar-refractivity contribution in [1.29, 1.82) is 0 Å². The summed E-state index contributed by atoms with van der Waals surface area (Å²) in [5, 5.41) is 2.87. The number of hydrogen-bond donors (Lipinski definition) is 2. The van der Waals surface area contributed by atoms with Crippen LogP contribution in [-0.4, -0.2) is 40.0 Å². The molecule has 9 nitrogen and oxygen atoms in total. The maximum absolute atomic E-state index is 13.9. The molecule has 2 atom stereocenters. The fourth-order valence-corrected chi connectivity index (χ4v) is 6.42. The number of fused-ring (bicyclic) bond motifs is 2. The van der Waals surface area contributed by atoms with Crippen LogP contribution in [0, 0.1) is 11.8 Å². The Labute approximate surface area is 211 Å². The summed E-state index contributed by atoms with van der Waals surface area (Å²) in [6.45, 7) is 7.36. The summed E-state index contributed by atoms with van der Waals surface area (Å²) in [5.41, 5.74) is 0.216. The topological polar surface area (TPSA) is 139 Å². The molecule has 0 amide bonds. The van der Waals surface area contributed by atoms with Crippen LogP contribution >= 0.6 is 0 Å². The van der Waals surface area contributed by atoms with E-state index in [2.05, 4.69) is 28.3 Å². The molecule has 1 aliphatic heterocycles. The molecule has 0 spiro atoms. The second kappa shape index (κ2) is 9.11. The number of anilines is 2. The summed E-state index contributed by atoms with van der Waals surface area (Å²) < 4.78 is 56.2. The van der Waals surface area contributed by atoms with Gasteiger partial charge < -0.3 is 5.32 Å². The van der Waals surface area contributed by atoms with Crippen molar-refractivity contribution in [2.75, 3.05) is 15.8 Å². The molecular formula is C25H29N3O6S2. The quantitative estimate of drug-likeness (QED) is 0.519. The van der Waals surface area contributed by atoms with Crippen molar-refractivity contribution in [2.45, 2.75) is 50.8 Å². The Morgan fingerprint density at radius 2 is 1.83 bits per heavy atom. The predicted molar refractivity (Wildman–Crippen MR) is 138 cm³/mol. The highest BCUT2D eigenvalue weighted by molar-refractivity contribution is 7.92. The summed E-state index contributed by atoms with van der Waals surface area (Å²) >= 11 is 0. The number of Topliss-reactive ketones (excluding diaryl/α,β-unsaturated/α-hetero) is 2. The minimum Gasteiger partial charge on any atom is -0.341 e. The molecule has 0 saturated carbocycles. The van der Waals surface area contributed by atoms with E-state index in [0.717, 1.165) is 12.5 Å². The van der Waals surface area contributed by atoms with Crippen molar-refractivity contribution in [2.24, 2.45) is 16.2 Å². The molecule has 0 fully saturated rings. The highest BCUT2D eigenvalue weighted by Gasteiger charge is 2.51. The SMILES string of the molecule is CCS(=O)(=O)Nc1ccc2c(c1)S(=O)(=O)N=C(C1C(=O)c3ccccc3[C@@](C)(CCC(C)C)C1=O)N2. The first-order valence-electron chi connectivity index (χ1n) is 11.7. The van der Waals surface area contributed by atoms with Gasteiger partial charge in [-0.2, -0.15) is 8.42 Å². The Kier molecular flexibility index (Phi) is 6.59. The molecular weight excluding hydrogens is 502 g/mol. The molecule has 11 heteroatoms. The first-order valence-corrected chi connectivity index (χ1v) is 14.8. The number of ketones is 2. The second-order valence-corrected chi connectivity index (χ2v) is 13.3. The summed E-state index contributed by atoms with van der Waals surface area (Å²) in [5.74, 6) is -2.41. The van der Waals surface area contributed by atoms with Crippen LogP contribution in [0.5, 0.6) is 0 Å². The third-order valence-corrected chi connectivity index (χ3v) is 9.38. The Hall–Kier alpha value is -3.05. The first kappa shape index (κ1) is 26.0. The van der Waals surface area contributed by atoms with E-state index in [9.17, 15) is 26.4 Å². The molecule has 0 saturated heterocycles. The van der Waals surface area contributed by atoms with Gasteiger partial charge in [0.25, 0.3) is 10.0 Å². The van der Waals surface area contributed by atoms with Gasteiger partial charge in [0, 0.05) is 11.3 Å². The van der Waals surface area contributed by atoms with Crippen molar-refractivity contribution >= 4 is 48.8 Å². The van der Waals surface area contributed by atoms with Crippen LogP contribution in [0.3, 0.4) is 0 Å². The third-order valence-electron chi connectivity index (χ3n) is 6.74. The van der Waals surface area contributed by atoms with Crippen molar-refractivity contribution in [3.8, 4) is 0 Å². The van der Waals surface area contributed by atoms with E-state index in [0.29, 0.717) is 23.5 Å². The van der Waals surface area contributed by atoms with Crippen LogP contribution in [0.25, 0.3) is 0 Å². The summed E-state index contributed by atoms with van der Waals surface area (Å²) in [7, 11) is -7.95. The highest BCUT2D eigenvalue weighted by atomic mass is 32.2. The fourth-order valence-electron chi connectivity index (χ4n) is 4.61. The number of benzene rings is 2.